The first-order valence-corrected chi connectivity index (χ1v) is 3.76. The van der Waals surface area contributed by atoms with Gasteiger partial charge in [0, 0.05) is 0 Å². The van der Waals surface area contributed by atoms with E-state index in [1.54, 1.807) is 0 Å². The summed E-state index contributed by atoms with van der Waals surface area (Å²) in [4.78, 5) is 0. The van der Waals surface area contributed by atoms with Gasteiger partial charge in [0.1, 0.15) is 0 Å². The van der Waals surface area contributed by atoms with Crippen molar-refractivity contribution in [3.05, 3.63) is 11.9 Å². The van der Waals surface area contributed by atoms with E-state index in [1.165, 1.54) is 6.08 Å². The van der Waals surface area contributed by atoms with Crippen molar-refractivity contribution in [3.8, 4) is 0 Å². The Kier molecular flexibility index (Phi) is 6.50. The molecule has 0 saturated heterocycles. The molecule has 0 aliphatic heterocycles. The first-order valence-electron chi connectivity index (χ1n) is 3.76. The molecule has 0 atom stereocenters. The molecule has 1 nitrogen and oxygen atoms in total. The summed E-state index contributed by atoms with van der Waals surface area (Å²) in [7, 11) is 0. The number of halogens is 1. The van der Waals surface area contributed by atoms with Gasteiger partial charge >= 0.3 is 0 Å². The molecule has 0 radical (unpaired) electrons. The van der Waals surface area contributed by atoms with Gasteiger partial charge in [-0.05, 0) is 18.9 Å². The predicted octanol–water partition coefficient (Wildman–Crippen LogP) is 2.41. The highest BCUT2D eigenvalue weighted by atomic mass is 19.1. The maximum atomic E-state index is 12.4. The average Bonchev–Trinajstić information content (AvgIpc) is 1.89. The van der Waals surface area contributed by atoms with Crippen LogP contribution in [0.1, 0.15) is 32.6 Å². The van der Waals surface area contributed by atoms with Crippen LogP contribution < -0.4 is 0 Å². The van der Waals surface area contributed by atoms with Gasteiger partial charge in [0.15, 0.2) is 0 Å². The molecular formula is C8H15FO. The van der Waals surface area contributed by atoms with E-state index in [2.05, 4.69) is 6.92 Å². The molecule has 0 amide bonds. The number of hydrogen-bond acceptors (Lipinski definition) is 1. The summed E-state index contributed by atoms with van der Waals surface area (Å²) in [6, 6.07) is 0. The fourth-order valence-electron chi connectivity index (χ4n) is 0.745. The second kappa shape index (κ2) is 6.75. The maximum absolute atomic E-state index is 12.4. The second-order valence-electron chi connectivity index (χ2n) is 2.29. The molecule has 0 aliphatic carbocycles. The highest BCUT2D eigenvalue weighted by Crippen LogP contribution is 2.08. The molecule has 0 unspecified atom stereocenters. The molecule has 0 heterocycles. The molecule has 0 bridgehead atoms. The van der Waals surface area contributed by atoms with Gasteiger partial charge in [0.2, 0.25) is 0 Å². The quantitative estimate of drug-likeness (QED) is 0.590. The molecule has 0 aromatic rings. The number of aliphatic hydroxyl groups excluding tert-OH is 1. The Balaban J connectivity index is 3.21. The van der Waals surface area contributed by atoms with Crippen LogP contribution in [0.3, 0.4) is 0 Å². The minimum Gasteiger partial charge on any atom is -0.392 e. The molecule has 0 aliphatic rings. The third-order valence-corrected chi connectivity index (χ3v) is 1.33. The fourth-order valence-corrected chi connectivity index (χ4v) is 0.745. The molecule has 0 aromatic carbocycles. The van der Waals surface area contributed by atoms with Gasteiger partial charge in [0.25, 0.3) is 0 Å². The smallest absolute Gasteiger partial charge is 0.0982 e. The molecule has 0 aromatic heterocycles. The van der Waals surface area contributed by atoms with E-state index in [4.69, 9.17) is 5.11 Å². The van der Waals surface area contributed by atoms with Gasteiger partial charge in [-0.1, -0.05) is 19.8 Å². The van der Waals surface area contributed by atoms with Crippen LogP contribution in [0.15, 0.2) is 11.9 Å². The van der Waals surface area contributed by atoms with Gasteiger partial charge < -0.3 is 5.11 Å². The van der Waals surface area contributed by atoms with Gasteiger partial charge in [-0.2, -0.15) is 0 Å². The van der Waals surface area contributed by atoms with Crippen LogP contribution >= 0.6 is 0 Å². The number of unbranched alkanes of at least 4 members (excludes halogenated alkanes) is 2. The number of rotatable bonds is 5. The minimum absolute atomic E-state index is 0.183. The van der Waals surface area contributed by atoms with Crippen LogP contribution in [0.2, 0.25) is 0 Å². The fraction of sp³-hybridized carbons (Fsp3) is 0.750. The summed E-state index contributed by atoms with van der Waals surface area (Å²) in [5.41, 5.74) is 0. The standard InChI is InChI=1S/C8H15FO/c1-2-3-4-5-8(9)6-7-10/h6,10H,2-5,7H2,1H3/b8-6-. The highest BCUT2D eigenvalue weighted by Gasteiger charge is 1.92. The topological polar surface area (TPSA) is 20.2 Å². The van der Waals surface area contributed by atoms with E-state index < -0.39 is 0 Å². The Bertz CT molecular complexity index is 99.4. The third kappa shape index (κ3) is 5.76. The van der Waals surface area contributed by atoms with E-state index in [1.807, 2.05) is 0 Å². The summed E-state index contributed by atoms with van der Waals surface area (Å²) in [5, 5.41) is 8.28. The van der Waals surface area contributed by atoms with Gasteiger partial charge in [0.05, 0.1) is 12.4 Å². The van der Waals surface area contributed by atoms with Crippen LogP contribution in [0.25, 0.3) is 0 Å². The Morgan fingerprint density at radius 2 is 2.20 bits per heavy atom. The zero-order valence-corrected chi connectivity index (χ0v) is 6.44. The van der Waals surface area contributed by atoms with E-state index in [0.29, 0.717) is 6.42 Å². The van der Waals surface area contributed by atoms with Crippen molar-refractivity contribution >= 4 is 0 Å². The van der Waals surface area contributed by atoms with Crippen LogP contribution in [-0.4, -0.2) is 11.7 Å². The molecule has 2 heteroatoms. The van der Waals surface area contributed by atoms with E-state index in [9.17, 15) is 4.39 Å². The summed E-state index contributed by atoms with van der Waals surface area (Å²) >= 11 is 0. The largest absolute Gasteiger partial charge is 0.392 e. The van der Waals surface area contributed by atoms with E-state index >= 15 is 0 Å². The highest BCUT2D eigenvalue weighted by molar-refractivity contribution is 4.90. The van der Waals surface area contributed by atoms with E-state index in [-0.39, 0.29) is 12.4 Å². The number of aliphatic hydroxyl groups is 1. The average molecular weight is 146 g/mol. The Hall–Kier alpha value is -0.370. The third-order valence-electron chi connectivity index (χ3n) is 1.33. The summed E-state index contributed by atoms with van der Waals surface area (Å²) in [5.74, 6) is -0.184. The Morgan fingerprint density at radius 3 is 2.70 bits per heavy atom. The first kappa shape index (κ1) is 9.63. The monoisotopic (exact) mass is 146 g/mol. The van der Waals surface area contributed by atoms with Crippen molar-refractivity contribution in [2.45, 2.75) is 32.6 Å². The molecule has 0 rings (SSSR count). The summed E-state index contributed by atoms with van der Waals surface area (Å²) < 4.78 is 12.4. The lowest BCUT2D eigenvalue weighted by Gasteiger charge is -1.94. The van der Waals surface area contributed by atoms with E-state index in [0.717, 1.165) is 19.3 Å². The van der Waals surface area contributed by atoms with Gasteiger partial charge in [-0.3, -0.25) is 0 Å². The summed E-state index contributed by atoms with van der Waals surface area (Å²) in [6.07, 6.45) is 4.75. The second-order valence-corrected chi connectivity index (χ2v) is 2.29. The molecule has 60 valence electrons. The molecular weight excluding hydrogens is 131 g/mol. The first-order chi connectivity index (χ1) is 4.81. The lowest BCUT2D eigenvalue weighted by molar-refractivity contribution is 0.337. The Morgan fingerprint density at radius 1 is 1.50 bits per heavy atom. The lowest BCUT2D eigenvalue weighted by atomic mass is 10.2. The molecule has 0 spiro atoms. The van der Waals surface area contributed by atoms with Crippen molar-refractivity contribution in [2.75, 3.05) is 6.61 Å². The summed E-state index contributed by atoms with van der Waals surface area (Å²) in [6.45, 7) is 1.89. The Labute approximate surface area is 61.6 Å². The van der Waals surface area contributed by atoms with Crippen LogP contribution in [0.4, 0.5) is 4.39 Å². The van der Waals surface area contributed by atoms with Crippen molar-refractivity contribution in [2.24, 2.45) is 0 Å². The van der Waals surface area contributed by atoms with Crippen LogP contribution in [0.5, 0.6) is 0 Å². The molecule has 0 fully saturated rings. The number of hydrogen-bond donors (Lipinski definition) is 1. The predicted molar refractivity (Wildman–Crippen MR) is 40.4 cm³/mol. The van der Waals surface area contributed by atoms with Gasteiger partial charge in [-0.15, -0.1) is 0 Å². The zero-order chi connectivity index (χ0) is 7.82. The van der Waals surface area contributed by atoms with Crippen molar-refractivity contribution in [1.29, 1.82) is 0 Å². The van der Waals surface area contributed by atoms with Crippen molar-refractivity contribution < 1.29 is 9.50 Å². The maximum Gasteiger partial charge on any atom is 0.0982 e. The van der Waals surface area contributed by atoms with Crippen LogP contribution in [-0.2, 0) is 0 Å². The molecule has 10 heavy (non-hydrogen) atoms. The SMILES string of the molecule is CCCCC/C(F)=C/CO. The van der Waals surface area contributed by atoms with Crippen LogP contribution in [0, 0.1) is 0 Å². The minimum atomic E-state index is -0.184. The number of allylic oxidation sites excluding steroid dienone is 1. The van der Waals surface area contributed by atoms with Crippen molar-refractivity contribution in [1.82, 2.24) is 0 Å². The van der Waals surface area contributed by atoms with Gasteiger partial charge in [-0.25, -0.2) is 4.39 Å². The molecule has 1 N–H and O–H groups in total. The zero-order valence-electron chi connectivity index (χ0n) is 6.44. The van der Waals surface area contributed by atoms with Crippen molar-refractivity contribution in [3.63, 3.8) is 0 Å². The lowest BCUT2D eigenvalue weighted by Crippen LogP contribution is -1.80. The molecule has 0 saturated carbocycles. The normalized spacial score (nSPS) is 12.1.